The van der Waals surface area contributed by atoms with Crippen LogP contribution in [0.25, 0.3) is 0 Å². The second-order valence-electron chi connectivity index (χ2n) is 5.14. The molecule has 21 heavy (non-hydrogen) atoms. The topological polar surface area (TPSA) is 82.9 Å². The number of aromatic nitrogens is 3. The highest BCUT2D eigenvalue weighted by molar-refractivity contribution is 5.53. The van der Waals surface area contributed by atoms with E-state index < -0.39 is 0 Å². The van der Waals surface area contributed by atoms with Gasteiger partial charge in [0.15, 0.2) is 0 Å². The number of nitrogen functional groups attached to an aromatic ring is 1. The molecule has 0 fully saturated rings. The predicted octanol–water partition coefficient (Wildman–Crippen LogP) is 1.06. The fourth-order valence-electron chi connectivity index (χ4n) is 2.21. The van der Waals surface area contributed by atoms with Crippen molar-refractivity contribution in [1.82, 2.24) is 14.1 Å². The van der Waals surface area contributed by atoms with Crippen LogP contribution in [0.5, 0.6) is 0 Å². The third kappa shape index (κ3) is 2.89. The lowest BCUT2D eigenvalue weighted by atomic mass is 10.1. The van der Waals surface area contributed by atoms with E-state index in [1.54, 1.807) is 6.20 Å². The average Bonchev–Trinajstić information content (AvgIpc) is 2.46. The molecule has 0 atom stereocenters. The van der Waals surface area contributed by atoms with E-state index in [1.165, 1.54) is 21.4 Å². The lowest BCUT2D eigenvalue weighted by Crippen LogP contribution is -2.39. The maximum atomic E-state index is 12.3. The second kappa shape index (κ2) is 5.95. The number of anilines is 1. The highest BCUT2D eigenvalue weighted by Gasteiger charge is 2.11. The minimum absolute atomic E-state index is 0.137. The minimum Gasteiger partial charge on any atom is -0.398 e. The van der Waals surface area contributed by atoms with Crippen LogP contribution in [0.3, 0.4) is 0 Å². The Hall–Kier alpha value is -2.37. The van der Waals surface area contributed by atoms with E-state index in [-0.39, 0.29) is 17.8 Å². The standard InChI is InChI=1S/C15H20N4O2/c1-4-6-18-7-5-13(20)19(15(18)21)9-12-11(3)14(16)10(2)8-17-12/h5,7-8H,4,6,9H2,1-3H3,(H2,16,17). The number of hydrogen-bond acceptors (Lipinski definition) is 4. The lowest BCUT2D eigenvalue weighted by Gasteiger charge is -2.12. The zero-order chi connectivity index (χ0) is 15.6. The molecule has 6 nitrogen and oxygen atoms in total. The smallest absolute Gasteiger partial charge is 0.331 e. The van der Waals surface area contributed by atoms with Crippen LogP contribution >= 0.6 is 0 Å². The van der Waals surface area contributed by atoms with Crippen molar-refractivity contribution >= 4 is 5.69 Å². The summed E-state index contributed by atoms with van der Waals surface area (Å²) in [5, 5.41) is 0. The van der Waals surface area contributed by atoms with Gasteiger partial charge < -0.3 is 10.3 Å². The molecule has 0 aromatic carbocycles. The molecule has 2 aromatic heterocycles. The lowest BCUT2D eigenvalue weighted by molar-refractivity contribution is 0.566. The largest absolute Gasteiger partial charge is 0.398 e. The van der Waals surface area contributed by atoms with Crippen molar-refractivity contribution in [3.63, 3.8) is 0 Å². The molecule has 0 spiro atoms. The van der Waals surface area contributed by atoms with Crippen LogP contribution in [0, 0.1) is 13.8 Å². The zero-order valence-corrected chi connectivity index (χ0v) is 12.6. The van der Waals surface area contributed by atoms with E-state index >= 15 is 0 Å². The first kappa shape index (κ1) is 15.0. The highest BCUT2D eigenvalue weighted by Crippen LogP contribution is 2.17. The molecule has 2 N–H and O–H groups in total. The van der Waals surface area contributed by atoms with Crippen LogP contribution in [-0.4, -0.2) is 14.1 Å². The molecule has 0 bridgehead atoms. The molecule has 0 saturated carbocycles. The highest BCUT2D eigenvalue weighted by atomic mass is 16.2. The summed E-state index contributed by atoms with van der Waals surface area (Å²) in [6, 6.07) is 1.41. The predicted molar refractivity (Wildman–Crippen MR) is 82.5 cm³/mol. The molecule has 0 radical (unpaired) electrons. The molecule has 0 amide bonds. The van der Waals surface area contributed by atoms with E-state index in [9.17, 15) is 9.59 Å². The van der Waals surface area contributed by atoms with Crippen LogP contribution in [0.15, 0.2) is 28.0 Å². The first-order valence-corrected chi connectivity index (χ1v) is 6.96. The van der Waals surface area contributed by atoms with Crippen molar-refractivity contribution in [3.05, 3.63) is 56.1 Å². The molecule has 0 saturated heterocycles. The number of rotatable bonds is 4. The zero-order valence-electron chi connectivity index (χ0n) is 12.6. The molecular formula is C15H20N4O2. The van der Waals surface area contributed by atoms with Crippen LogP contribution in [0.2, 0.25) is 0 Å². The van der Waals surface area contributed by atoms with Crippen molar-refractivity contribution < 1.29 is 0 Å². The minimum atomic E-state index is -0.326. The van der Waals surface area contributed by atoms with Gasteiger partial charge in [0.1, 0.15) is 0 Å². The van der Waals surface area contributed by atoms with E-state index in [2.05, 4.69) is 4.98 Å². The molecule has 0 unspecified atom stereocenters. The molecule has 2 rings (SSSR count). The van der Waals surface area contributed by atoms with Crippen molar-refractivity contribution in [2.75, 3.05) is 5.73 Å². The third-order valence-corrected chi connectivity index (χ3v) is 3.59. The molecule has 2 aromatic rings. The molecule has 0 aliphatic carbocycles. The van der Waals surface area contributed by atoms with Crippen molar-refractivity contribution in [2.24, 2.45) is 0 Å². The monoisotopic (exact) mass is 288 g/mol. The Balaban J connectivity index is 2.50. The maximum Gasteiger partial charge on any atom is 0.331 e. The summed E-state index contributed by atoms with van der Waals surface area (Å²) in [6.45, 7) is 6.43. The van der Waals surface area contributed by atoms with Crippen LogP contribution in [0.1, 0.15) is 30.2 Å². The van der Waals surface area contributed by atoms with E-state index in [0.29, 0.717) is 17.9 Å². The van der Waals surface area contributed by atoms with E-state index in [4.69, 9.17) is 5.73 Å². The quantitative estimate of drug-likeness (QED) is 0.912. The van der Waals surface area contributed by atoms with Gasteiger partial charge in [-0.1, -0.05) is 6.92 Å². The molecule has 0 aliphatic rings. The molecule has 6 heteroatoms. The summed E-state index contributed by atoms with van der Waals surface area (Å²) in [4.78, 5) is 28.6. The van der Waals surface area contributed by atoms with Gasteiger partial charge in [-0.15, -0.1) is 0 Å². The van der Waals surface area contributed by atoms with Gasteiger partial charge in [-0.05, 0) is 31.4 Å². The SMILES string of the molecule is CCCn1ccc(=O)n(Cc2ncc(C)c(N)c2C)c1=O. The van der Waals surface area contributed by atoms with Gasteiger partial charge in [0.2, 0.25) is 0 Å². The summed E-state index contributed by atoms with van der Waals surface area (Å²) in [5.41, 5.74) is 8.33. The van der Waals surface area contributed by atoms with Crippen LogP contribution in [0.4, 0.5) is 5.69 Å². The number of hydrogen-bond donors (Lipinski definition) is 1. The Labute approximate surface area is 122 Å². The second-order valence-corrected chi connectivity index (χ2v) is 5.14. The van der Waals surface area contributed by atoms with E-state index in [1.807, 2.05) is 20.8 Å². The van der Waals surface area contributed by atoms with Crippen LogP contribution < -0.4 is 17.0 Å². The van der Waals surface area contributed by atoms with Crippen molar-refractivity contribution in [1.29, 1.82) is 0 Å². The summed E-state index contributed by atoms with van der Waals surface area (Å²) in [5.74, 6) is 0. The van der Waals surface area contributed by atoms with Gasteiger partial charge in [0.25, 0.3) is 5.56 Å². The first-order chi connectivity index (χ1) is 9.95. The molecular weight excluding hydrogens is 268 g/mol. The first-order valence-electron chi connectivity index (χ1n) is 6.96. The maximum absolute atomic E-state index is 12.3. The summed E-state index contributed by atoms with van der Waals surface area (Å²) < 4.78 is 2.73. The molecule has 0 aliphatic heterocycles. The van der Waals surface area contributed by atoms with Gasteiger partial charge in [-0.2, -0.15) is 0 Å². The Morgan fingerprint density at radius 2 is 2.00 bits per heavy atom. The number of aryl methyl sites for hydroxylation is 2. The Kier molecular flexibility index (Phi) is 4.26. The number of nitrogens with zero attached hydrogens (tertiary/aromatic N) is 3. The average molecular weight is 288 g/mol. The van der Waals surface area contributed by atoms with Gasteiger partial charge >= 0.3 is 5.69 Å². The third-order valence-electron chi connectivity index (χ3n) is 3.59. The van der Waals surface area contributed by atoms with Crippen molar-refractivity contribution in [3.8, 4) is 0 Å². The summed E-state index contributed by atoms with van der Waals surface area (Å²) >= 11 is 0. The van der Waals surface area contributed by atoms with Gasteiger partial charge in [0, 0.05) is 30.7 Å². The summed E-state index contributed by atoms with van der Waals surface area (Å²) in [6.07, 6.45) is 4.03. The molecule has 2 heterocycles. The normalized spacial score (nSPS) is 10.8. The van der Waals surface area contributed by atoms with Crippen molar-refractivity contribution in [2.45, 2.75) is 40.3 Å². The van der Waals surface area contributed by atoms with Gasteiger partial charge in [-0.3, -0.25) is 14.3 Å². The number of pyridine rings is 1. The van der Waals surface area contributed by atoms with Crippen LogP contribution in [-0.2, 0) is 13.1 Å². The van der Waals surface area contributed by atoms with E-state index in [0.717, 1.165) is 17.5 Å². The number of nitrogens with two attached hydrogens (primary N) is 1. The van der Waals surface area contributed by atoms with Gasteiger partial charge in [0.05, 0.1) is 12.2 Å². The fourth-order valence-corrected chi connectivity index (χ4v) is 2.21. The van der Waals surface area contributed by atoms with Gasteiger partial charge in [-0.25, -0.2) is 4.79 Å². The Bertz CT molecular complexity index is 774. The molecule has 112 valence electrons. The summed E-state index contributed by atoms with van der Waals surface area (Å²) in [7, 11) is 0. The Morgan fingerprint density at radius 3 is 2.67 bits per heavy atom. The Morgan fingerprint density at radius 1 is 1.29 bits per heavy atom. The fraction of sp³-hybridized carbons (Fsp3) is 0.400.